The fourth-order valence-electron chi connectivity index (χ4n) is 4.92. The summed E-state index contributed by atoms with van der Waals surface area (Å²) in [6.45, 7) is 0. The predicted molar refractivity (Wildman–Crippen MR) is 121 cm³/mol. The molecule has 5 rings (SSSR count). The summed E-state index contributed by atoms with van der Waals surface area (Å²) in [6, 6.07) is 3.49. The van der Waals surface area contributed by atoms with E-state index in [1.165, 1.54) is 27.8 Å². The molecule has 37 heavy (non-hydrogen) atoms. The lowest BCUT2D eigenvalue weighted by molar-refractivity contribution is -0.124. The van der Waals surface area contributed by atoms with Crippen LogP contribution in [0.15, 0.2) is 24.7 Å². The van der Waals surface area contributed by atoms with Crippen LogP contribution in [0.1, 0.15) is 32.1 Å². The van der Waals surface area contributed by atoms with Gasteiger partial charge in [0, 0.05) is 43.3 Å². The molecule has 2 fully saturated rings. The molecule has 3 aromatic rings. The molecule has 0 aliphatic heterocycles. The van der Waals surface area contributed by atoms with E-state index in [2.05, 4.69) is 25.5 Å². The van der Waals surface area contributed by atoms with Gasteiger partial charge in [-0.05, 0) is 12.8 Å². The van der Waals surface area contributed by atoms with Crippen molar-refractivity contribution in [2.24, 2.45) is 17.4 Å². The molecule has 0 unspecified atom stereocenters. The molecule has 0 aromatic carbocycles. The highest BCUT2D eigenvalue weighted by Crippen LogP contribution is 2.53. The third-order valence-corrected chi connectivity index (χ3v) is 8.93. The standard InChI is InChI=1S/C20H21F3N10O3S/c21-20(22,23)37(35,36)19(26)9-18(10-19,2-3-24)32-8-12(7-28-32)16-27-4-1-14-30-17(31-33(14)16)29-13-5-11(6-13)15(25)34/h1,4,7-8,11,13H,2,5-6,9-10,26H2,(H2,25,34)(H,29,31). The van der Waals surface area contributed by atoms with Crippen molar-refractivity contribution in [3.63, 3.8) is 0 Å². The van der Waals surface area contributed by atoms with Crippen LogP contribution in [0.2, 0.25) is 0 Å². The Morgan fingerprint density at radius 3 is 2.65 bits per heavy atom. The molecule has 0 spiro atoms. The van der Waals surface area contributed by atoms with Crippen molar-refractivity contribution in [1.29, 1.82) is 5.26 Å². The zero-order valence-electron chi connectivity index (χ0n) is 19.1. The second-order valence-electron chi connectivity index (χ2n) is 9.49. The first-order valence-electron chi connectivity index (χ1n) is 11.1. The number of hydrogen-bond acceptors (Lipinski definition) is 10. The first-order chi connectivity index (χ1) is 17.3. The maximum Gasteiger partial charge on any atom is 0.499 e. The van der Waals surface area contributed by atoms with Crippen LogP contribution in [0.3, 0.4) is 0 Å². The van der Waals surface area contributed by atoms with Gasteiger partial charge in [-0.25, -0.2) is 13.4 Å². The molecule has 0 radical (unpaired) electrons. The fourth-order valence-corrected chi connectivity index (χ4v) is 6.30. The van der Waals surface area contributed by atoms with Crippen LogP contribution in [0.5, 0.6) is 0 Å². The molecule has 17 heteroatoms. The Morgan fingerprint density at radius 2 is 2.03 bits per heavy atom. The van der Waals surface area contributed by atoms with E-state index in [1.54, 1.807) is 6.07 Å². The van der Waals surface area contributed by atoms with Gasteiger partial charge in [0.15, 0.2) is 11.5 Å². The lowest BCUT2D eigenvalue weighted by Gasteiger charge is -2.52. The molecule has 2 saturated carbocycles. The second kappa shape index (κ2) is 8.11. The Labute approximate surface area is 207 Å². The number of hydrogen-bond donors (Lipinski definition) is 3. The summed E-state index contributed by atoms with van der Waals surface area (Å²) in [5.74, 6) is 0.0669. The van der Waals surface area contributed by atoms with Crippen LogP contribution in [0.25, 0.3) is 17.0 Å². The lowest BCUT2D eigenvalue weighted by atomic mass is 9.70. The van der Waals surface area contributed by atoms with Gasteiger partial charge in [-0.2, -0.15) is 33.0 Å². The van der Waals surface area contributed by atoms with Gasteiger partial charge in [-0.1, -0.05) is 0 Å². The van der Waals surface area contributed by atoms with Gasteiger partial charge in [0.2, 0.25) is 11.9 Å². The number of nitrogens with two attached hydrogens (primary N) is 2. The Bertz CT molecular complexity index is 1530. The second-order valence-corrected chi connectivity index (χ2v) is 11.8. The van der Waals surface area contributed by atoms with E-state index in [4.69, 9.17) is 11.5 Å². The van der Waals surface area contributed by atoms with Crippen LogP contribution in [-0.4, -0.2) is 60.1 Å². The van der Waals surface area contributed by atoms with Crippen molar-refractivity contribution in [3.8, 4) is 17.5 Å². The van der Waals surface area contributed by atoms with E-state index < -0.39 is 38.6 Å². The van der Waals surface area contributed by atoms with Crippen molar-refractivity contribution in [1.82, 2.24) is 29.4 Å². The number of nitriles is 1. The third kappa shape index (κ3) is 3.87. The average molecular weight is 539 g/mol. The molecular weight excluding hydrogens is 517 g/mol. The maximum atomic E-state index is 13.1. The summed E-state index contributed by atoms with van der Waals surface area (Å²) < 4.78 is 66.0. The van der Waals surface area contributed by atoms with Crippen LogP contribution >= 0.6 is 0 Å². The number of nitrogens with one attached hydrogen (secondary N) is 1. The Morgan fingerprint density at radius 1 is 1.32 bits per heavy atom. The molecule has 3 aromatic heterocycles. The predicted octanol–water partition coefficient (Wildman–Crippen LogP) is 0.656. The lowest BCUT2D eigenvalue weighted by Crippen LogP contribution is -2.68. The average Bonchev–Trinajstić information content (AvgIpc) is 3.40. The smallest absolute Gasteiger partial charge is 0.369 e. The quantitative estimate of drug-likeness (QED) is 0.384. The molecule has 0 saturated heterocycles. The van der Waals surface area contributed by atoms with Gasteiger partial charge in [-0.3, -0.25) is 9.48 Å². The van der Waals surface area contributed by atoms with E-state index in [0.29, 0.717) is 35.8 Å². The summed E-state index contributed by atoms with van der Waals surface area (Å²) in [6.07, 6.45) is 3.88. The van der Waals surface area contributed by atoms with Crippen molar-refractivity contribution >= 4 is 27.3 Å². The number of halogens is 3. The minimum atomic E-state index is -5.66. The van der Waals surface area contributed by atoms with Gasteiger partial charge in [0.1, 0.15) is 4.87 Å². The summed E-state index contributed by atoms with van der Waals surface area (Å²) in [5, 5.41) is 21.0. The molecule has 3 heterocycles. The zero-order chi connectivity index (χ0) is 26.8. The number of rotatable bonds is 7. The summed E-state index contributed by atoms with van der Waals surface area (Å²) >= 11 is 0. The largest absolute Gasteiger partial charge is 0.499 e. The van der Waals surface area contributed by atoms with Gasteiger partial charge < -0.3 is 16.8 Å². The van der Waals surface area contributed by atoms with E-state index in [0.717, 1.165) is 0 Å². The number of amides is 1. The molecule has 0 bridgehead atoms. The van der Waals surface area contributed by atoms with Crippen LogP contribution < -0.4 is 16.8 Å². The van der Waals surface area contributed by atoms with Gasteiger partial charge in [0.05, 0.1) is 29.8 Å². The first kappa shape index (κ1) is 24.9. The molecule has 1 amide bonds. The number of aromatic nitrogens is 6. The van der Waals surface area contributed by atoms with E-state index in [1.807, 2.05) is 6.07 Å². The highest BCUT2D eigenvalue weighted by molar-refractivity contribution is 7.93. The molecule has 196 valence electrons. The van der Waals surface area contributed by atoms with Crippen molar-refractivity contribution in [2.75, 3.05) is 5.32 Å². The van der Waals surface area contributed by atoms with Crippen LogP contribution in [0.4, 0.5) is 19.1 Å². The minimum absolute atomic E-state index is 0.0111. The molecule has 13 nitrogen and oxygen atoms in total. The summed E-state index contributed by atoms with van der Waals surface area (Å²) in [4.78, 5) is 17.4. The number of fused-ring (bicyclic) bond motifs is 1. The van der Waals surface area contributed by atoms with Crippen molar-refractivity contribution in [3.05, 3.63) is 24.7 Å². The Hall–Kier alpha value is -3.78. The Kier molecular flexibility index (Phi) is 5.46. The van der Waals surface area contributed by atoms with E-state index in [-0.39, 0.29) is 24.3 Å². The number of anilines is 1. The topological polar surface area (TPSA) is 200 Å². The van der Waals surface area contributed by atoms with Crippen LogP contribution in [0, 0.1) is 17.2 Å². The molecule has 5 N–H and O–H groups in total. The zero-order valence-corrected chi connectivity index (χ0v) is 19.9. The van der Waals surface area contributed by atoms with Crippen molar-refractivity contribution < 1.29 is 26.4 Å². The molecule has 0 atom stereocenters. The van der Waals surface area contributed by atoms with E-state index >= 15 is 0 Å². The Balaban J connectivity index is 1.41. The van der Waals surface area contributed by atoms with Gasteiger partial charge in [0.25, 0.3) is 9.84 Å². The monoisotopic (exact) mass is 538 g/mol. The number of primary amides is 1. The minimum Gasteiger partial charge on any atom is -0.369 e. The van der Waals surface area contributed by atoms with Gasteiger partial charge >= 0.3 is 5.51 Å². The third-order valence-electron chi connectivity index (χ3n) is 6.96. The highest BCUT2D eigenvalue weighted by atomic mass is 32.2. The molecule has 2 aliphatic rings. The first-order valence-corrected chi connectivity index (χ1v) is 12.6. The van der Waals surface area contributed by atoms with Gasteiger partial charge in [-0.15, -0.1) is 5.10 Å². The molecular formula is C20H21F3N10O3S. The highest BCUT2D eigenvalue weighted by Gasteiger charge is 2.68. The molecule has 2 aliphatic carbocycles. The number of carbonyl (C=O) groups excluding carboxylic acids is 1. The summed E-state index contributed by atoms with van der Waals surface area (Å²) in [5.41, 5.74) is 4.95. The SMILES string of the molecule is N#CCC1(n2cc(-c3nccc4nc(NC5CC(C(N)=O)C5)nn34)cn2)CC(N)(S(=O)(=O)C(F)(F)F)C1. The fraction of sp³-hybridized carbons (Fsp3) is 0.500. The maximum absolute atomic E-state index is 13.1. The number of carbonyl (C=O) groups is 1. The van der Waals surface area contributed by atoms with E-state index in [9.17, 15) is 31.6 Å². The van der Waals surface area contributed by atoms with Crippen LogP contribution in [-0.2, 0) is 20.2 Å². The normalized spacial score (nSPS) is 27.8. The summed E-state index contributed by atoms with van der Waals surface area (Å²) in [7, 11) is -5.66. The number of alkyl halides is 3. The van der Waals surface area contributed by atoms with Crippen molar-refractivity contribution in [2.45, 2.75) is 54.1 Å². The number of nitrogens with zero attached hydrogens (tertiary/aromatic N) is 7. The number of sulfone groups is 1.